The summed E-state index contributed by atoms with van der Waals surface area (Å²) >= 11 is 0. The summed E-state index contributed by atoms with van der Waals surface area (Å²) in [5.41, 5.74) is 7.12. The van der Waals surface area contributed by atoms with E-state index >= 15 is 0 Å². The molecular formula is C17H27N3O2. The molecular weight excluding hydrogens is 278 g/mol. The molecule has 5 heteroatoms. The summed E-state index contributed by atoms with van der Waals surface area (Å²) in [5, 5.41) is 3.03. The lowest BCUT2D eigenvalue weighted by atomic mass is 10.0. The highest BCUT2D eigenvalue weighted by molar-refractivity contribution is 5.81. The van der Waals surface area contributed by atoms with Gasteiger partial charge in [-0.25, -0.2) is 0 Å². The maximum atomic E-state index is 11.9. The average molecular weight is 305 g/mol. The normalized spacial score (nSPS) is 18.1. The van der Waals surface area contributed by atoms with E-state index in [0.717, 1.165) is 38.9 Å². The summed E-state index contributed by atoms with van der Waals surface area (Å²) < 4.78 is 4.91. The van der Waals surface area contributed by atoms with Crippen LogP contribution in [0.1, 0.15) is 18.4 Å². The summed E-state index contributed by atoms with van der Waals surface area (Å²) in [6.45, 7) is 3.39. The number of carbonyl (C=O) groups is 1. The third-order valence-electron chi connectivity index (χ3n) is 4.18. The molecule has 22 heavy (non-hydrogen) atoms. The van der Waals surface area contributed by atoms with Crippen LogP contribution < -0.4 is 11.1 Å². The first-order valence-electron chi connectivity index (χ1n) is 8.00. The Morgan fingerprint density at radius 1 is 1.36 bits per heavy atom. The molecule has 0 aromatic heterocycles. The second-order valence-electron chi connectivity index (χ2n) is 5.92. The van der Waals surface area contributed by atoms with Crippen LogP contribution in [-0.4, -0.2) is 56.2 Å². The molecule has 122 valence electrons. The Morgan fingerprint density at radius 3 is 2.68 bits per heavy atom. The number of ether oxygens (including phenoxy) is 1. The largest absolute Gasteiger partial charge is 0.383 e. The molecule has 0 bridgehead atoms. The second-order valence-corrected chi connectivity index (χ2v) is 5.92. The van der Waals surface area contributed by atoms with Crippen molar-refractivity contribution in [2.75, 3.05) is 33.4 Å². The molecule has 1 unspecified atom stereocenters. The van der Waals surface area contributed by atoms with E-state index in [4.69, 9.17) is 10.5 Å². The predicted molar refractivity (Wildman–Crippen MR) is 87.6 cm³/mol. The van der Waals surface area contributed by atoms with Crippen LogP contribution in [0.2, 0.25) is 0 Å². The van der Waals surface area contributed by atoms with Crippen molar-refractivity contribution in [1.82, 2.24) is 10.2 Å². The van der Waals surface area contributed by atoms with Gasteiger partial charge in [-0.1, -0.05) is 30.3 Å². The zero-order valence-electron chi connectivity index (χ0n) is 13.3. The van der Waals surface area contributed by atoms with Gasteiger partial charge in [-0.3, -0.25) is 4.79 Å². The molecule has 1 aromatic rings. The molecule has 1 aliphatic rings. The van der Waals surface area contributed by atoms with Gasteiger partial charge in [0.15, 0.2) is 0 Å². The molecule has 0 saturated carbocycles. The number of nitrogens with two attached hydrogens (primary N) is 1. The van der Waals surface area contributed by atoms with Crippen molar-refractivity contribution in [3.8, 4) is 0 Å². The lowest BCUT2D eigenvalue weighted by molar-refractivity contribution is -0.124. The molecule has 2 rings (SSSR count). The molecule has 5 nitrogen and oxygen atoms in total. The number of likely N-dealkylation sites (tertiary alicyclic amines) is 1. The fourth-order valence-corrected chi connectivity index (χ4v) is 2.80. The van der Waals surface area contributed by atoms with Gasteiger partial charge in [-0.05, 0) is 24.8 Å². The van der Waals surface area contributed by atoms with Crippen molar-refractivity contribution in [2.45, 2.75) is 31.3 Å². The molecule has 1 atom stereocenters. The highest BCUT2D eigenvalue weighted by Crippen LogP contribution is 2.11. The van der Waals surface area contributed by atoms with E-state index < -0.39 is 6.04 Å². The van der Waals surface area contributed by atoms with E-state index in [0.29, 0.717) is 0 Å². The topological polar surface area (TPSA) is 67.6 Å². The minimum Gasteiger partial charge on any atom is -0.383 e. The molecule has 0 spiro atoms. The van der Waals surface area contributed by atoms with E-state index in [1.165, 1.54) is 5.56 Å². The van der Waals surface area contributed by atoms with Gasteiger partial charge in [0.05, 0.1) is 6.61 Å². The Kier molecular flexibility index (Phi) is 6.83. The zero-order chi connectivity index (χ0) is 15.8. The number of benzene rings is 1. The summed E-state index contributed by atoms with van der Waals surface area (Å²) in [5.74, 6) is -0.107. The molecule has 1 fully saturated rings. The number of hydrogen-bond acceptors (Lipinski definition) is 4. The highest BCUT2D eigenvalue weighted by atomic mass is 16.5. The third-order valence-corrected chi connectivity index (χ3v) is 4.18. The molecule has 1 aliphatic heterocycles. The van der Waals surface area contributed by atoms with Crippen molar-refractivity contribution in [3.05, 3.63) is 35.9 Å². The van der Waals surface area contributed by atoms with Gasteiger partial charge >= 0.3 is 0 Å². The first-order chi connectivity index (χ1) is 10.7. The van der Waals surface area contributed by atoms with Crippen molar-refractivity contribution < 1.29 is 9.53 Å². The molecule has 0 radical (unpaired) electrons. The summed E-state index contributed by atoms with van der Waals surface area (Å²) in [4.78, 5) is 14.3. The van der Waals surface area contributed by atoms with E-state index in [-0.39, 0.29) is 18.6 Å². The van der Waals surface area contributed by atoms with Crippen LogP contribution in [0, 0.1) is 0 Å². The Morgan fingerprint density at radius 2 is 2.05 bits per heavy atom. The van der Waals surface area contributed by atoms with Crippen LogP contribution in [0.15, 0.2) is 30.3 Å². The number of carbonyl (C=O) groups excluding carboxylic acids is 1. The maximum Gasteiger partial charge on any atom is 0.239 e. The van der Waals surface area contributed by atoms with Crippen molar-refractivity contribution >= 4 is 5.91 Å². The number of hydrogen-bond donors (Lipinski definition) is 2. The number of nitrogens with zero attached hydrogens (tertiary/aromatic N) is 1. The summed E-state index contributed by atoms with van der Waals surface area (Å²) in [6, 6.07) is 10.2. The van der Waals surface area contributed by atoms with Crippen LogP contribution in [0.25, 0.3) is 0 Å². The SMILES string of the molecule is COCC(N)C(=O)NC1CCN(CCc2ccccc2)CC1. The minimum atomic E-state index is -0.568. The number of piperidine rings is 1. The Labute approximate surface area is 132 Å². The van der Waals surface area contributed by atoms with Crippen molar-refractivity contribution in [3.63, 3.8) is 0 Å². The van der Waals surface area contributed by atoms with Gasteiger partial charge in [-0.2, -0.15) is 0 Å². The van der Waals surface area contributed by atoms with Crippen molar-refractivity contribution in [1.29, 1.82) is 0 Å². The number of methoxy groups -OCH3 is 1. The number of amides is 1. The highest BCUT2D eigenvalue weighted by Gasteiger charge is 2.22. The summed E-state index contributed by atoms with van der Waals surface area (Å²) in [6.07, 6.45) is 3.05. The van der Waals surface area contributed by atoms with Crippen LogP contribution in [-0.2, 0) is 16.0 Å². The monoisotopic (exact) mass is 305 g/mol. The van der Waals surface area contributed by atoms with E-state index in [1.54, 1.807) is 7.11 Å². The molecule has 1 heterocycles. The minimum absolute atomic E-state index is 0.107. The Hall–Kier alpha value is -1.43. The van der Waals surface area contributed by atoms with Crippen LogP contribution in [0.4, 0.5) is 0 Å². The standard InChI is InChI=1S/C17H27N3O2/c1-22-13-16(18)17(21)19-15-8-11-20(12-9-15)10-7-14-5-3-2-4-6-14/h2-6,15-16H,7-13,18H2,1H3,(H,19,21). The van der Waals surface area contributed by atoms with E-state index in [1.807, 2.05) is 6.07 Å². The van der Waals surface area contributed by atoms with Gasteiger partial charge in [0, 0.05) is 32.8 Å². The number of nitrogens with one attached hydrogen (secondary N) is 1. The first-order valence-corrected chi connectivity index (χ1v) is 8.00. The van der Waals surface area contributed by atoms with Gasteiger partial charge in [0.2, 0.25) is 5.91 Å². The predicted octanol–water partition coefficient (Wildman–Crippen LogP) is 0.783. The smallest absolute Gasteiger partial charge is 0.239 e. The van der Waals surface area contributed by atoms with Gasteiger partial charge in [0.1, 0.15) is 6.04 Å². The quantitative estimate of drug-likeness (QED) is 0.781. The van der Waals surface area contributed by atoms with Crippen molar-refractivity contribution in [2.24, 2.45) is 5.73 Å². The fourth-order valence-electron chi connectivity index (χ4n) is 2.80. The second kappa shape index (κ2) is 8.88. The fraction of sp³-hybridized carbons (Fsp3) is 0.588. The van der Waals surface area contributed by atoms with Gasteiger partial charge in [0.25, 0.3) is 0 Å². The molecule has 1 amide bonds. The van der Waals surface area contributed by atoms with E-state index in [9.17, 15) is 4.79 Å². The van der Waals surface area contributed by atoms with Gasteiger partial charge < -0.3 is 20.7 Å². The maximum absolute atomic E-state index is 11.9. The summed E-state index contributed by atoms with van der Waals surface area (Å²) in [7, 11) is 1.55. The number of rotatable bonds is 7. The first kappa shape index (κ1) is 16.9. The zero-order valence-corrected chi connectivity index (χ0v) is 13.3. The van der Waals surface area contributed by atoms with Gasteiger partial charge in [-0.15, -0.1) is 0 Å². The Balaban J connectivity index is 1.66. The molecule has 0 aliphatic carbocycles. The molecule has 1 aromatic carbocycles. The van der Waals surface area contributed by atoms with Crippen LogP contribution in [0.3, 0.4) is 0 Å². The Bertz CT molecular complexity index is 444. The van der Waals surface area contributed by atoms with Crippen LogP contribution in [0.5, 0.6) is 0 Å². The van der Waals surface area contributed by atoms with Crippen LogP contribution >= 0.6 is 0 Å². The lowest BCUT2D eigenvalue weighted by Crippen LogP contribution is -2.51. The van der Waals surface area contributed by atoms with E-state index in [2.05, 4.69) is 34.5 Å². The molecule has 1 saturated heterocycles. The lowest BCUT2D eigenvalue weighted by Gasteiger charge is -2.32. The third kappa shape index (κ3) is 5.40. The average Bonchev–Trinajstić information content (AvgIpc) is 2.55. The molecule has 3 N–H and O–H groups in total.